The molecule has 2 aromatic carbocycles. The Morgan fingerprint density at radius 1 is 1.03 bits per heavy atom. The number of methoxy groups -OCH3 is 1. The molecule has 1 heterocycles. The van der Waals surface area contributed by atoms with Crippen molar-refractivity contribution in [2.24, 2.45) is 0 Å². The van der Waals surface area contributed by atoms with Crippen molar-refractivity contribution < 1.29 is 27.5 Å². The van der Waals surface area contributed by atoms with Crippen LogP contribution in [0.5, 0.6) is 11.5 Å². The molecule has 0 N–H and O–H groups in total. The van der Waals surface area contributed by atoms with Crippen molar-refractivity contribution in [2.75, 3.05) is 32.7 Å². The lowest BCUT2D eigenvalue weighted by Gasteiger charge is -2.26. The zero-order valence-corrected chi connectivity index (χ0v) is 18.8. The fourth-order valence-corrected chi connectivity index (χ4v) is 3.97. The van der Waals surface area contributed by atoms with E-state index in [0.717, 1.165) is 10.6 Å². The molecular formula is C22H24N2O6S. The number of benzene rings is 2. The van der Waals surface area contributed by atoms with Gasteiger partial charge >= 0.3 is 0 Å². The maximum Gasteiger partial charge on any atom is 0.262 e. The van der Waals surface area contributed by atoms with Gasteiger partial charge in [0, 0.05) is 19.8 Å². The number of anilines is 1. The van der Waals surface area contributed by atoms with E-state index in [4.69, 9.17) is 9.47 Å². The minimum absolute atomic E-state index is 0.0602. The van der Waals surface area contributed by atoms with Gasteiger partial charge in [0.05, 0.1) is 29.7 Å². The summed E-state index contributed by atoms with van der Waals surface area (Å²) in [5.41, 5.74) is 1.66. The summed E-state index contributed by atoms with van der Waals surface area (Å²) in [5, 5.41) is 0. The highest BCUT2D eigenvalue weighted by atomic mass is 32.2. The van der Waals surface area contributed by atoms with Crippen LogP contribution in [0.25, 0.3) is 0 Å². The van der Waals surface area contributed by atoms with Crippen LogP contribution in [-0.2, 0) is 10.3 Å². The first-order valence-corrected chi connectivity index (χ1v) is 10.7. The number of imide groups is 1. The van der Waals surface area contributed by atoms with E-state index >= 15 is 0 Å². The van der Waals surface area contributed by atoms with Crippen LogP contribution >= 0.6 is 0 Å². The summed E-state index contributed by atoms with van der Waals surface area (Å²) in [6.07, 6.45) is 0. The molecule has 0 fully saturated rings. The van der Waals surface area contributed by atoms with Crippen LogP contribution in [0.3, 0.4) is 0 Å². The van der Waals surface area contributed by atoms with E-state index in [1.165, 1.54) is 14.0 Å². The first-order valence-electron chi connectivity index (χ1n) is 9.63. The molecule has 1 aliphatic heterocycles. The number of amides is 2. The fourth-order valence-electron chi connectivity index (χ4n) is 3.55. The number of nitrogens with zero attached hydrogens (tertiary/aromatic N) is 2. The predicted octanol–water partition coefficient (Wildman–Crippen LogP) is 2.57. The summed E-state index contributed by atoms with van der Waals surface area (Å²) in [4.78, 5) is 29.2. The molecule has 2 amide bonds. The highest BCUT2D eigenvalue weighted by Gasteiger charge is 2.42. The van der Waals surface area contributed by atoms with Crippen molar-refractivity contribution in [3.8, 4) is 11.5 Å². The lowest BCUT2D eigenvalue weighted by Crippen LogP contribution is -2.38. The van der Waals surface area contributed by atoms with Gasteiger partial charge in [-0.1, -0.05) is 6.07 Å². The second-order valence-corrected chi connectivity index (χ2v) is 8.31. The number of hydrogen-bond acceptors (Lipinski definition) is 7. The molecule has 1 unspecified atom stereocenters. The third-order valence-corrected chi connectivity index (χ3v) is 5.88. The summed E-state index contributed by atoms with van der Waals surface area (Å²) < 4.78 is 34.7. The van der Waals surface area contributed by atoms with Gasteiger partial charge in [-0.25, -0.2) is 0 Å². The summed E-state index contributed by atoms with van der Waals surface area (Å²) >= 11 is 0. The quantitative estimate of drug-likeness (QED) is 0.479. The smallest absolute Gasteiger partial charge is 0.262 e. The molecule has 0 aromatic heterocycles. The van der Waals surface area contributed by atoms with Gasteiger partial charge < -0.3 is 14.4 Å². The molecule has 164 valence electrons. The molecule has 0 aliphatic carbocycles. The van der Waals surface area contributed by atoms with Gasteiger partial charge in [0.2, 0.25) is 10.3 Å². The van der Waals surface area contributed by atoms with E-state index in [2.05, 4.69) is 0 Å². The number of ether oxygens (including phenoxy) is 2. The van der Waals surface area contributed by atoms with Crippen LogP contribution in [0.4, 0.5) is 5.69 Å². The maximum absolute atomic E-state index is 13.3. The van der Waals surface area contributed by atoms with Crippen LogP contribution < -0.4 is 14.4 Å². The zero-order valence-electron chi connectivity index (χ0n) is 18.0. The Kier molecular flexibility index (Phi) is 6.35. The predicted molar refractivity (Wildman–Crippen MR) is 118 cm³/mol. The second kappa shape index (κ2) is 8.81. The largest absolute Gasteiger partial charge is 0.493 e. The van der Waals surface area contributed by atoms with E-state index in [9.17, 15) is 18.0 Å². The Hall–Kier alpha value is -3.33. The van der Waals surface area contributed by atoms with Gasteiger partial charge in [0.25, 0.3) is 11.8 Å². The molecule has 8 nitrogen and oxygen atoms in total. The Labute approximate surface area is 182 Å². The van der Waals surface area contributed by atoms with E-state index in [1.807, 2.05) is 19.0 Å². The lowest BCUT2D eigenvalue weighted by atomic mass is 10.0. The molecular weight excluding hydrogens is 420 g/mol. The highest BCUT2D eigenvalue weighted by Crippen LogP contribution is 2.37. The van der Waals surface area contributed by atoms with Crippen molar-refractivity contribution in [1.82, 2.24) is 4.90 Å². The minimum Gasteiger partial charge on any atom is -0.493 e. The Balaban J connectivity index is 2.17. The summed E-state index contributed by atoms with van der Waals surface area (Å²) in [6.45, 7) is 3.55. The summed E-state index contributed by atoms with van der Waals surface area (Å²) in [5.74, 6) is -0.243. The molecule has 3 rings (SSSR count). The van der Waals surface area contributed by atoms with Crippen LogP contribution in [-0.4, -0.2) is 57.8 Å². The first-order chi connectivity index (χ1) is 14.7. The Bertz CT molecular complexity index is 1180. The Morgan fingerprint density at radius 3 is 2.29 bits per heavy atom. The van der Waals surface area contributed by atoms with Gasteiger partial charge in [-0.15, -0.1) is 0 Å². The van der Waals surface area contributed by atoms with Gasteiger partial charge in [-0.2, -0.15) is 8.42 Å². The van der Waals surface area contributed by atoms with Crippen molar-refractivity contribution >= 4 is 32.7 Å². The average molecular weight is 445 g/mol. The second-order valence-electron chi connectivity index (χ2n) is 7.20. The SMILES string of the molecule is CCOc1cc(C(C(C)=S(=O)=O)N2C(=O)c3ccc(N(C)C)cc3C2=O)ccc1OC. The van der Waals surface area contributed by atoms with Crippen LogP contribution in [0.2, 0.25) is 0 Å². The average Bonchev–Trinajstić information content (AvgIpc) is 2.99. The summed E-state index contributed by atoms with van der Waals surface area (Å²) in [6, 6.07) is 8.69. The topological polar surface area (TPSA) is 93.2 Å². The molecule has 1 aliphatic rings. The highest BCUT2D eigenvalue weighted by molar-refractivity contribution is 7.73. The number of hydrogen-bond donors (Lipinski definition) is 0. The Morgan fingerprint density at radius 2 is 1.71 bits per heavy atom. The molecule has 9 heteroatoms. The van der Waals surface area contributed by atoms with Gasteiger partial charge in [0.15, 0.2) is 11.5 Å². The van der Waals surface area contributed by atoms with E-state index < -0.39 is 28.1 Å². The van der Waals surface area contributed by atoms with Crippen molar-refractivity contribution in [1.29, 1.82) is 0 Å². The van der Waals surface area contributed by atoms with Gasteiger partial charge in [-0.05, 0) is 49.7 Å². The molecule has 0 saturated carbocycles. The van der Waals surface area contributed by atoms with E-state index in [-0.39, 0.29) is 16.0 Å². The molecule has 0 radical (unpaired) electrons. The van der Waals surface area contributed by atoms with Crippen molar-refractivity contribution in [2.45, 2.75) is 19.9 Å². The van der Waals surface area contributed by atoms with Gasteiger partial charge in [-0.3, -0.25) is 14.5 Å². The zero-order chi connectivity index (χ0) is 22.9. The number of carbonyl (C=O) groups excluding carboxylic acids is 2. The fraction of sp³-hybridized carbons (Fsp3) is 0.318. The van der Waals surface area contributed by atoms with Crippen LogP contribution in [0.15, 0.2) is 36.4 Å². The molecule has 31 heavy (non-hydrogen) atoms. The van der Waals surface area contributed by atoms with Crippen LogP contribution in [0, 0.1) is 0 Å². The molecule has 1 atom stereocenters. The van der Waals surface area contributed by atoms with Crippen LogP contribution in [0.1, 0.15) is 46.2 Å². The number of fused-ring (bicyclic) bond motifs is 1. The lowest BCUT2D eigenvalue weighted by molar-refractivity contribution is 0.0625. The molecule has 2 aromatic rings. The monoisotopic (exact) mass is 444 g/mol. The number of carbonyl (C=O) groups is 2. The van der Waals surface area contributed by atoms with Gasteiger partial charge in [0.1, 0.15) is 6.04 Å². The van der Waals surface area contributed by atoms with E-state index in [0.29, 0.717) is 23.7 Å². The molecule has 0 bridgehead atoms. The molecule has 0 saturated heterocycles. The third kappa shape index (κ3) is 4.00. The number of rotatable bonds is 7. The van der Waals surface area contributed by atoms with E-state index in [1.54, 1.807) is 43.3 Å². The maximum atomic E-state index is 13.3. The standard InChI is InChI=1S/C22H24N2O6S/c1-6-30-19-11-14(7-10-18(19)29-5)20(13(2)31(27)28)24-21(25)16-9-8-15(23(3)4)12-17(16)22(24)26/h7-12,20H,6H2,1-5H3. The summed E-state index contributed by atoms with van der Waals surface area (Å²) in [7, 11) is 2.53. The van der Waals surface area contributed by atoms with Crippen molar-refractivity contribution in [3.05, 3.63) is 53.1 Å². The third-order valence-electron chi connectivity index (χ3n) is 5.13. The normalized spacial score (nSPS) is 13.6. The molecule has 0 spiro atoms. The minimum atomic E-state index is -2.62. The van der Waals surface area contributed by atoms with Crippen molar-refractivity contribution in [3.63, 3.8) is 0 Å². The first kappa shape index (κ1) is 22.4.